The quantitative estimate of drug-likeness (QED) is 0.647. The molecule has 10 heavy (non-hydrogen) atoms. The molecule has 0 bridgehead atoms. The Morgan fingerprint density at radius 2 is 2.50 bits per heavy atom. The molecule has 0 aromatic rings. The molecule has 0 aromatic heterocycles. The van der Waals surface area contributed by atoms with Gasteiger partial charge in [0, 0.05) is 6.61 Å². The zero-order valence-corrected chi connectivity index (χ0v) is 6.55. The molecule has 1 fully saturated rings. The fourth-order valence-electron chi connectivity index (χ4n) is 1.39. The maximum Gasteiger partial charge on any atom is 0.0834 e. The standard InChI is InChI=1S/C8H16O2/c1-2-4-7(9)8-5-3-6-10-8/h7-9H,2-6H2,1H3. The molecule has 1 N–H and O–H groups in total. The molecular weight excluding hydrogens is 128 g/mol. The Kier molecular flexibility index (Phi) is 3.16. The molecule has 0 radical (unpaired) electrons. The highest BCUT2D eigenvalue weighted by atomic mass is 16.5. The third-order valence-corrected chi connectivity index (χ3v) is 1.98. The molecule has 0 amide bonds. The number of aliphatic hydroxyl groups excluding tert-OH is 1. The fourth-order valence-corrected chi connectivity index (χ4v) is 1.39. The van der Waals surface area contributed by atoms with E-state index in [1.165, 1.54) is 0 Å². The highest BCUT2D eigenvalue weighted by molar-refractivity contribution is 4.72. The Morgan fingerprint density at radius 1 is 1.70 bits per heavy atom. The van der Waals surface area contributed by atoms with E-state index in [4.69, 9.17) is 4.74 Å². The van der Waals surface area contributed by atoms with E-state index in [0.29, 0.717) is 0 Å². The average molecular weight is 144 g/mol. The largest absolute Gasteiger partial charge is 0.390 e. The lowest BCUT2D eigenvalue weighted by Gasteiger charge is -2.15. The third kappa shape index (κ3) is 1.96. The van der Waals surface area contributed by atoms with Crippen molar-refractivity contribution in [1.82, 2.24) is 0 Å². The van der Waals surface area contributed by atoms with Crippen molar-refractivity contribution in [1.29, 1.82) is 0 Å². The van der Waals surface area contributed by atoms with Crippen molar-refractivity contribution in [3.05, 3.63) is 0 Å². The lowest BCUT2D eigenvalue weighted by atomic mass is 10.1. The first-order valence-corrected chi connectivity index (χ1v) is 4.14. The topological polar surface area (TPSA) is 29.5 Å². The predicted octanol–water partition coefficient (Wildman–Crippen LogP) is 1.33. The molecule has 1 heterocycles. The van der Waals surface area contributed by atoms with Gasteiger partial charge in [-0.1, -0.05) is 13.3 Å². The predicted molar refractivity (Wildman–Crippen MR) is 39.9 cm³/mol. The molecular formula is C8H16O2. The molecule has 0 spiro atoms. The van der Waals surface area contributed by atoms with Crippen molar-refractivity contribution in [3.8, 4) is 0 Å². The average Bonchev–Trinajstić information content (AvgIpc) is 2.38. The summed E-state index contributed by atoms with van der Waals surface area (Å²) in [6, 6.07) is 0. The van der Waals surface area contributed by atoms with Gasteiger partial charge in [-0.05, 0) is 19.3 Å². The summed E-state index contributed by atoms with van der Waals surface area (Å²) >= 11 is 0. The molecule has 2 heteroatoms. The molecule has 1 rings (SSSR count). The van der Waals surface area contributed by atoms with Gasteiger partial charge >= 0.3 is 0 Å². The van der Waals surface area contributed by atoms with Crippen LogP contribution in [0.1, 0.15) is 32.6 Å². The maximum absolute atomic E-state index is 9.42. The Bertz CT molecular complexity index is 87.3. The van der Waals surface area contributed by atoms with Crippen molar-refractivity contribution in [2.75, 3.05) is 6.61 Å². The first kappa shape index (κ1) is 8.02. The minimum absolute atomic E-state index is 0.139. The first-order chi connectivity index (χ1) is 4.84. The maximum atomic E-state index is 9.42. The van der Waals surface area contributed by atoms with Gasteiger partial charge in [0.2, 0.25) is 0 Å². The van der Waals surface area contributed by atoms with Gasteiger partial charge in [-0.2, -0.15) is 0 Å². The highest BCUT2D eigenvalue weighted by Gasteiger charge is 2.22. The minimum Gasteiger partial charge on any atom is -0.390 e. The van der Waals surface area contributed by atoms with Crippen LogP contribution in [0.3, 0.4) is 0 Å². The Hall–Kier alpha value is -0.0800. The normalized spacial score (nSPS) is 28.8. The fraction of sp³-hybridized carbons (Fsp3) is 1.00. The van der Waals surface area contributed by atoms with Gasteiger partial charge in [-0.15, -0.1) is 0 Å². The van der Waals surface area contributed by atoms with E-state index in [-0.39, 0.29) is 12.2 Å². The number of aliphatic hydroxyl groups is 1. The van der Waals surface area contributed by atoms with Gasteiger partial charge in [0.15, 0.2) is 0 Å². The van der Waals surface area contributed by atoms with E-state index >= 15 is 0 Å². The van der Waals surface area contributed by atoms with Crippen LogP contribution in [0, 0.1) is 0 Å². The third-order valence-electron chi connectivity index (χ3n) is 1.98. The van der Waals surface area contributed by atoms with Crippen molar-refractivity contribution in [2.45, 2.75) is 44.8 Å². The van der Waals surface area contributed by atoms with Crippen LogP contribution in [0.4, 0.5) is 0 Å². The second kappa shape index (κ2) is 3.94. The van der Waals surface area contributed by atoms with Gasteiger partial charge in [-0.25, -0.2) is 0 Å². The van der Waals surface area contributed by atoms with Gasteiger partial charge in [-0.3, -0.25) is 0 Å². The molecule has 0 aliphatic carbocycles. The molecule has 0 aromatic carbocycles. The number of rotatable bonds is 3. The van der Waals surface area contributed by atoms with Crippen LogP contribution < -0.4 is 0 Å². The molecule has 1 aliphatic heterocycles. The zero-order chi connectivity index (χ0) is 7.40. The zero-order valence-electron chi connectivity index (χ0n) is 6.55. The number of ether oxygens (including phenoxy) is 1. The van der Waals surface area contributed by atoms with Crippen LogP contribution in [-0.2, 0) is 4.74 Å². The summed E-state index contributed by atoms with van der Waals surface area (Å²) < 4.78 is 5.32. The Balaban J connectivity index is 2.18. The summed E-state index contributed by atoms with van der Waals surface area (Å²) in [4.78, 5) is 0. The van der Waals surface area contributed by atoms with E-state index in [9.17, 15) is 5.11 Å². The summed E-state index contributed by atoms with van der Waals surface area (Å²) in [5, 5.41) is 9.42. The van der Waals surface area contributed by atoms with Crippen molar-refractivity contribution in [2.24, 2.45) is 0 Å². The molecule has 60 valence electrons. The minimum atomic E-state index is -0.215. The molecule has 1 saturated heterocycles. The molecule has 2 unspecified atom stereocenters. The number of hydrogen-bond donors (Lipinski definition) is 1. The number of hydrogen-bond acceptors (Lipinski definition) is 2. The van der Waals surface area contributed by atoms with E-state index in [0.717, 1.165) is 32.3 Å². The van der Waals surface area contributed by atoms with Crippen molar-refractivity contribution < 1.29 is 9.84 Å². The Morgan fingerprint density at radius 3 is 3.00 bits per heavy atom. The van der Waals surface area contributed by atoms with Crippen LogP contribution in [0.2, 0.25) is 0 Å². The smallest absolute Gasteiger partial charge is 0.0834 e. The van der Waals surface area contributed by atoms with Gasteiger partial charge < -0.3 is 9.84 Å². The van der Waals surface area contributed by atoms with Gasteiger partial charge in [0.1, 0.15) is 0 Å². The molecule has 2 nitrogen and oxygen atoms in total. The summed E-state index contributed by atoms with van der Waals surface area (Å²) in [5.74, 6) is 0. The van der Waals surface area contributed by atoms with Crippen LogP contribution in [0.15, 0.2) is 0 Å². The summed E-state index contributed by atoms with van der Waals surface area (Å²) in [7, 11) is 0. The summed E-state index contributed by atoms with van der Waals surface area (Å²) in [6.45, 7) is 2.92. The van der Waals surface area contributed by atoms with E-state index in [1.54, 1.807) is 0 Å². The van der Waals surface area contributed by atoms with E-state index in [2.05, 4.69) is 6.92 Å². The SMILES string of the molecule is CCCC(O)C1CCCO1. The van der Waals surface area contributed by atoms with Gasteiger partial charge in [0.05, 0.1) is 12.2 Å². The van der Waals surface area contributed by atoms with Crippen molar-refractivity contribution >= 4 is 0 Å². The summed E-state index contributed by atoms with van der Waals surface area (Å²) in [5.41, 5.74) is 0. The monoisotopic (exact) mass is 144 g/mol. The Labute approximate surface area is 62.2 Å². The highest BCUT2D eigenvalue weighted by Crippen LogP contribution is 2.17. The van der Waals surface area contributed by atoms with E-state index < -0.39 is 0 Å². The molecule has 1 aliphatic rings. The molecule has 2 atom stereocenters. The second-order valence-electron chi connectivity index (χ2n) is 2.91. The van der Waals surface area contributed by atoms with Crippen molar-refractivity contribution in [3.63, 3.8) is 0 Å². The summed E-state index contributed by atoms with van der Waals surface area (Å²) in [6.07, 6.45) is 4.01. The van der Waals surface area contributed by atoms with E-state index in [1.807, 2.05) is 0 Å². The van der Waals surface area contributed by atoms with Crippen LogP contribution in [-0.4, -0.2) is 23.9 Å². The van der Waals surface area contributed by atoms with Crippen LogP contribution in [0.5, 0.6) is 0 Å². The molecule has 0 saturated carbocycles. The van der Waals surface area contributed by atoms with Crippen LogP contribution >= 0.6 is 0 Å². The second-order valence-corrected chi connectivity index (χ2v) is 2.91. The first-order valence-electron chi connectivity index (χ1n) is 4.14. The van der Waals surface area contributed by atoms with Gasteiger partial charge in [0.25, 0.3) is 0 Å². The lowest BCUT2D eigenvalue weighted by molar-refractivity contribution is -0.00549. The van der Waals surface area contributed by atoms with Crippen LogP contribution in [0.25, 0.3) is 0 Å². The lowest BCUT2D eigenvalue weighted by Crippen LogP contribution is -2.24.